The first-order chi connectivity index (χ1) is 5.93. The molecule has 3 nitrogen and oxygen atoms in total. The van der Waals surface area contributed by atoms with Crippen molar-refractivity contribution >= 4 is 16.5 Å². The van der Waals surface area contributed by atoms with Crippen LogP contribution in [0.2, 0.25) is 0 Å². The van der Waals surface area contributed by atoms with Gasteiger partial charge in [0, 0.05) is 31.8 Å². The lowest BCUT2D eigenvalue weighted by Gasteiger charge is -2.01. The van der Waals surface area contributed by atoms with Crippen LogP contribution in [0.5, 0.6) is 0 Å². The standard InChI is InChI=1S/C8H14N2OS/c1-11-6-3-2-4-9-8-10-5-7-12-8/h5,7H,2-4,6H2,1H3,(H,9,10). The topological polar surface area (TPSA) is 34.1 Å². The molecular formula is C8H14N2OS. The van der Waals surface area contributed by atoms with E-state index in [-0.39, 0.29) is 0 Å². The summed E-state index contributed by atoms with van der Waals surface area (Å²) < 4.78 is 4.94. The van der Waals surface area contributed by atoms with Crippen molar-refractivity contribution in [1.29, 1.82) is 0 Å². The zero-order valence-corrected chi connectivity index (χ0v) is 8.06. The molecule has 0 atom stereocenters. The quantitative estimate of drug-likeness (QED) is 0.690. The van der Waals surface area contributed by atoms with Crippen LogP contribution in [0.15, 0.2) is 11.6 Å². The molecule has 0 radical (unpaired) electrons. The van der Waals surface area contributed by atoms with Crippen molar-refractivity contribution < 1.29 is 4.74 Å². The summed E-state index contributed by atoms with van der Waals surface area (Å²) in [5.74, 6) is 0. The smallest absolute Gasteiger partial charge is 0.182 e. The zero-order chi connectivity index (χ0) is 8.65. The highest BCUT2D eigenvalue weighted by Gasteiger charge is 1.92. The third kappa shape index (κ3) is 3.69. The second kappa shape index (κ2) is 5.97. The summed E-state index contributed by atoms with van der Waals surface area (Å²) in [4.78, 5) is 4.11. The minimum atomic E-state index is 0.847. The molecule has 0 bridgehead atoms. The van der Waals surface area contributed by atoms with Crippen molar-refractivity contribution in [3.63, 3.8) is 0 Å². The van der Waals surface area contributed by atoms with Crippen LogP contribution in [0.25, 0.3) is 0 Å². The van der Waals surface area contributed by atoms with E-state index in [1.54, 1.807) is 18.4 Å². The summed E-state index contributed by atoms with van der Waals surface area (Å²) in [6, 6.07) is 0. The molecule has 0 amide bonds. The van der Waals surface area contributed by atoms with E-state index >= 15 is 0 Å². The fourth-order valence-corrected chi connectivity index (χ4v) is 1.44. The van der Waals surface area contributed by atoms with Crippen LogP contribution in [-0.4, -0.2) is 25.2 Å². The minimum Gasteiger partial charge on any atom is -0.385 e. The van der Waals surface area contributed by atoms with Gasteiger partial charge in [0.1, 0.15) is 0 Å². The Morgan fingerprint density at radius 1 is 1.58 bits per heavy atom. The number of hydrogen-bond acceptors (Lipinski definition) is 4. The highest BCUT2D eigenvalue weighted by atomic mass is 32.1. The molecule has 1 rings (SSSR count). The van der Waals surface area contributed by atoms with Gasteiger partial charge in [-0.25, -0.2) is 4.98 Å². The molecule has 68 valence electrons. The van der Waals surface area contributed by atoms with Crippen molar-refractivity contribution in [3.8, 4) is 0 Å². The molecule has 1 aromatic heterocycles. The van der Waals surface area contributed by atoms with Crippen molar-refractivity contribution in [1.82, 2.24) is 4.98 Å². The van der Waals surface area contributed by atoms with E-state index in [0.717, 1.165) is 31.1 Å². The minimum absolute atomic E-state index is 0.847. The Morgan fingerprint density at radius 3 is 3.17 bits per heavy atom. The molecule has 0 saturated carbocycles. The number of nitrogens with zero attached hydrogens (tertiary/aromatic N) is 1. The molecule has 0 aliphatic carbocycles. The van der Waals surface area contributed by atoms with E-state index in [9.17, 15) is 0 Å². The molecule has 0 saturated heterocycles. The van der Waals surface area contributed by atoms with Gasteiger partial charge in [0.05, 0.1) is 0 Å². The number of nitrogens with one attached hydrogen (secondary N) is 1. The number of anilines is 1. The Morgan fingerprint density at radius 2 is 2.50 bits per heavy atom. The van der Waals surface area contributed by atoms with E-state index in [4.69, 9.17) is 4.74 Å². The summed E-state index contributed by atoms with van der Waals surface area (Å²) in [6.45, 7) is 1.83. The van der Waals surface area contributed by atoms with Crippen LogP contribution in [0.4, 0.5) is 5.13 Å². The SMILES string of the molecule is COCCCCNc1nccs1. The Hall–Kier alpha value is -0.610. The van der Waals surface area contributed by atoms with Crippen molar-refractivity contribution in [2.75, 3.05) is 25.6 Å². The summed E-state index contributed by atoms with van der Waals surface area (Å²) in [6.07, 6.45) is 4.05. The second-order valence-corrected chi connectivity index (χ2v) is 3.36. The van der Waals surface area contributed by atoms with Crippen LogP contribution in [-0.2, 0) is 4.74 Å². The number of ether oxygens (including phenoxy) is 1. The highest BCUT2D eigenvalue weighted by Crippen LogP contribution is 2.09. The monoisotopic (exact) mass is 186 g/mol. The number of hydrogen-bond donors (Lipinski definition) is 1. The number of unbranched alkanes of at least 4 members (excludes halogenated alkanes) is 1. The van der Waals surface area contributed by atoms with Gasteiger partial charge in [-0.3, -0.25) is 0 Å². The van der Waals surface area contributed by atoms with E-state index in [0.29, 0.717) is 0 Å². The largest absolute Gasteiger partial charge is 0.385 e. The average Bonchev–Trinajstić information content (AvgIpc) is 2.57. The van der Waals surface area contributed by atoms with Gasteiger partial charge < -0.3 is 10.1 Å². The molecule has 12 heavy (non-hydrogen) atoms. The third-order valence-electron chi connectivity index (χ3n) is 1.48. The molecule has 1 N–H and O–H groups in total. The van der Waals surface area contributed by atoms with Gasteiger partial charge in [-0.1, -0.05) is 0 Å². The lowest BCUT2D eigenvalue weighted by Crippen LogP contribution is -2.02. The van der Waals surface area contributed by atoms with E-state index < -0.39 is 0 Å². The first-order valence-electron chi connectivity index (χ1n) is 4.06. The lowest BCUT2D eigenvalue weighted by atomic mass is 10.3. The van der Waals surface area contributed by atoms with Crippen molar-refractivity contribution in [3.05, 3.63) is 11.6 Å². The summed E-state index contributed by atoms with van der Waals surface area (Å²) in [5, 5.41) is 6.21. The maximum atomic E-state index is 4.94. The maximum absolute atomic E-state index is 4.94. The van der Waals surface area contributed by atoms with Crippen LogP contribution >= 0.6 is 11.3 Å². The van der Waals surface area contributed by atoms with Crippen LogP contribution in [0.3, 0.4) is 0 Å². The summed E-state index contributed by atoms with van der Waals surface area (Å²) in [5.41, 5.74) is 0. The molecule has 0 aliphatic heterocycles. The van der Waals surface area contributed by atoms with E-state index in [1.807, 2.05) is 11.6 Å². The van der Waals surface area contributed by atoms with Crippen LogP contribution < -0.4 is 5.32 Å². The predicted octanol–water partition coefficient (Wildman–Crippen LogP) is 1.98. The first kappa shape index (κ1) is 9.48. The van der Waals surface area contributed by atoms with Gasteiger partial charge in [0.25, 0.3) is 0 Å². The van der Waals surface area contributed by atoms with Gasteiger partial charge in [0.15, 0.2) is 5.13 Å². The van der Waals surface area contributed by atoms with E-state index in [1.165, 1.54) is 0 Å². The fourth-order valence-electron chi connectivity index (χ4n) is 0.877. The molecule has 0 spiro atoms. The Labute approximate surface area is 76.8 Å². The van der Waals surface area contributed by atoms with Crippen molar-refractivity contribution in [2.45, 2.75) is 12.8 Å². The van der Waals surface area contributed by atoms with Gasteiger partial charge in [-0.05, 0) is 12.8 Å². The predicted molar refractivity (Wildman–Crippen MR) is 51.7 cm³/mol. The lowest BCUT2D eigenvalue weighted by molar-refractivity contribution is 0.194. The number of thiazole rings is 1. The molecule has 0 aromatic carbocycles. The summed E-state index contributed by atoms with van der Waals surface area (Å²) in [7, 11) is 1.73. The fraction of sp³-hybridized carbons (Fsp3) is 0.625. The highest BCUT2D eigenvalue weighted by molar-refractivity contribution is 7.13. The normalized spacial score (nSPS) is 10.1. The zero-order valence-electron chi connectivity index (χ0n) is 7.25. The Balaban J connectivity index is 1.96. The molecule has 1 aromatic rings. The number of aromatic nitrogens is 1. The van der Waals surface area contributed by atoms with Crippen LogP contribution in [0.1, 0.15) is 12.8 Å². The van der Waals surface area contributed by atoms with Gasteiger partial charge >= 0.3 is 0 Å². The van der Waals surface area contributed by atoms with E-state index in [2.05, 4.69) is 10.3 Å². The van der Waals surface area contributed by atoms with Gasteiger partial charge in [-0.15, -0.1) is 11.3 Å². The molecule has 0 fully saturated rings. The molecule has 0 aliphatic rings. The molecule has 4 heteroatoms. The second-order valence-electron chi connectivity index (χ2n) is 2.46. The van der Waals surface area contributed by atoms with Crippen molar-refractivity contribution in [2.24, 2.45) is 0 Å². The molecular weight excluding hydrogens is 172 g/mol. The number of rotatable bonds is 6. The summed E-state index contributed by atoms with van der Waals surface area (Å²) >= 11 is 1.63. The maximum Gasteiger partial charge on any atom is 0.182 e. The average molecular weight is 186 g/mol. The number of methoxy groups -OCH3 is 1. The van der Waals surface area contributed by atoms with Gasteiger partial charge in [0.2, 0.25) is 0 Å². The third-order valence-corrected chi connectivity index (χ3v) is 2.21. The van der Waals surface area contributed by atoms with Crippen LogP contribution in [0, 0.1) is 0 Å². The Kier molecular flexibility index (Phi) is 4.71. The van der Waals surface area contributed by atoms with Gasteiger partial charge in [-0.2, -0.15) is 0 Å². The first-order valence-corrected chi connectivity index (χ1v) is 4.94. The Bertz CT molecular complexity index is 189. The molecule has 0 unspecified atom stereocenters. The molecule has 1 heterocycles.